The number of esters is 1. The second-order valence-electron chi connectivity index (χ2n) is 10.5. The standard InChI is InChI=1S/C39H50O4/c1-4-6-8-16-20-25-34-31-37(40)36(28-21-9-7-5-2)38(32-34)43-39(41)29-22-18-15-13-11-10-12-14-17-19-24-33-26-23-27-35(30-33)42-3/h10-15,17-19,22-24,26-27,29-32,40H,4-9,16,20-21,25,28H2,1-3H3/b12-10+,13-11+,17-14+,18-15+,24-19+,29-22+. The lowest BCUT2D eigenvalue weighted by atomic mass is 9.99. The maximum absolute atomic E-state index is 12.6. The van der Waals surface area contributed by atoms with E-state index in [9.17, 15) is 9.90 Å². The average molecular weight is 583 g/mol. The molecule has 2 aromatic rings. The summed E-state index contributed by atoms with van der Waals surface area (Å²) in [4.78, 5) is 12.6. The first kappa shape index (κ1) is 35.1. The zero-order valence-corrected chi connectivity index (χ0v) is 26.3. The fraction of sp³-hybridized carbons (Fsp3) is 0.359. The Morgan fingerprint density at radius 1 is 0.721 bits per heavy atom. The first-order valence-electron chi connectivity index (χ1n) is 15.8. The van der Waals surface area contributed by atoms with Gasteiger partial charge in [0.1, 0.15) is 17.2 Å². The molecule has 0 atom stereocenters. The van der Waals surface area contributed by atoms with Crippen LogP contribution in [-0.4, -0.2) is 18.2 Å². The van der Waals surface area contributed by atoms with Crippen molar-refractivity contribution >= 4 is 12.0 Å². The predicted octanol–water partition coefficient (Wildman–Crippen LogP) is 10.4. The van der Waals surface area contributed by atoms with Crippen LogP contribution in [0.4, 0.5) is 0 Å². The number of allylic oxidation sites excluding steroid dienone is 10. The number of aromatic hydroxyl groups is 1. The van der Waals surface area contributed by atoms with Crippen molar-refractivity contribution < 1.29 is 19.4 Å². The molecular formula is C39H50O4. The number of carbonyl (C=O) groups is 1. The van der Waals surface area contributed by atoms with Gasteiger partial charge in [-0.25, -0.2) is 4.79 Å². The summed E-state index contributed by atoms with van der Waals surface area (Å²) in [5.41, 5.74) is 2.82. The highest BCUT2D eigenvalue weighted by molar-refractivity contribution is 5.84. The zero-order valence-electron chi connectivity index (χ0n) is 26.3. The highest BCUT2D eigenvalue weighted by Crippen LogP contribution is 2.32. The molecule has 0 bridgehead atoms. The molecule has 43 heavy (non-hydrogen) atoms. The van der Waals surface area contributed by atoms with E-state index in [2.05, 4.69) is 13.8 Å². The summed E-state index contributed by atoms with van der Waals surface area (Å²) >= 11 is 0. The van der Waals surface area contributed by atoms with Gasteiger partial charge in [-0.15, -0.1) is 0 Å². The zero-order chi connectivity index (χ0) is 31.0. The van der Waals surface area contributed by atoms with Gasteiger partial charge in [0.2, 0.25) is 0 Å². The van der Waals surface area contributed by atoms with Crippen LogP contribution in [0.3, 0.4) is 0 Å². The normalized spacial score (nSPS) is 12.3. The van der Waals surface area contributed by atoms with Crippen molar-refractivity contribution in [2.75, 3.05) is 7.11 Å². The van der Waals surface area contributed by atoms with Gasteiger partial charge in [-0.1, -0.05) is 138 Å². The van der Waals surface area contributed by atoms with Crippen LogP contribution in [0.1, 0.15) is 88.3 Å². The Balaban J connectivity index is 1.88. The van der Waals surface area contributed by atoms with Gasteiger partial charge in [-0.3, -0.25) is 0 Å². The summed E-state index contributed by atoms with van der Waals surface area (Å²) in [5.74, 6) is 1.10. The summed E-state index contributed by atoms with van der Waals surface area (Å²) in [6.45, 7) is 4.39. The molecule has 0 aliphatic rings. The van der Waals surface area contributed by atoms with Crippen molar-refractivity contribution in [2.45, 2.75) is 84.5 Å². The van der Waals surface area contributed by atoms with Crippen molar-refractivity contribution in [3.63, 3.8) is 0 Å². The summed E-state index contributed by atoms with van der Waals surface area (Å²) in [7, 11) is 1.66. The highest BCUT2D eigenvalue weighted by Gasteiger charge is 2.14. The molecule has 0 amide bonds. The smallest absolute Gasteiger partial charge is 0.336 e. The molecule has 0 saturated heterocycles. The third kappa shape index (κ3) is 15.7. The average Bonchev–Trinajstić information content (AvgIpc) is 3.00. The number of benzene rings is 2. The Morgan fingerprint density at radius 3 is 2.00 bits per heavy atom. The van der Waals surface area contributed by atoms with Gasteiger partial charge in [0.25, 0.3) is 0 Å². The number of carbonyl (C=O) groups excluding carboxylic acids is 1. The van der Waals surface area contributed by atoms with E-state index >= 15 is 0 Å². The van der Waals surface area contributed by atoms with Crippen LogP contribution in [0, 0.1) is 0 Å². The minimum Gasteiger partial charge on any atom is -0.508 e. The van der Waals surface area contributed by atoms with E-state index in [-0.39, 0.29) is 5.75 Å². The molecule has 0 unspecified atom stereocenters. The SMILES string of the molecule is CCCCCCCc1cc(O)c(CCCCCC)c(OC(=O)/C=C/C=C/C=C/C=C/C=C/C=C/c2cccc(OC)c2)c1. The van der Waals surface area contributed by atoms with E-state index in [4.69, 9.17) is 9.47 Å². The van der Waals surface area contributed by atoms with Gasteiger partial charge in [0.05, 0.1) is 7.11 Å². The molecule has 1 N–H and O–H groups in total. The largest absolute Gasteiger partial charge is 0.508 e. The van der Waals surface area contributed by atoms with Gasteiger partial charge in [-0.05, 0) is 61.1 Å². The molecule has 0 aromatic heterocycles. The third-order valence-electron chi connectivity index (χ3n) is 6.92. The molecule has 0 saturated carbocycles. The number of unbranched alkanes of at least 4 members (excludes halogenated alkanes) is 7. The van der Waals surface area contributed by atoms with Gasteiger partial charge in [0.15, 0.2) is 0 Å². The van der Waals surface area contributed by atoms with Crippen LogP contribution in [0.2, 0.25) is 0 Å². The maximum Gasteiger partial charge on any atom is 0.336 e. The van der Waals surface area contributed by atoms with E-state index in [0.29, 0.717) is 12.2 Å². The van der Waals surface area contributed by atoms with Crippen molar-refractivity contribution in [3.8, 4) is 17.2 Å². The van der Waals surface area contributed by atoms with Gasteiger partial charge in [0, 0.05) is 11.6 Å². The number of methoxy groups -OCH3 is 1. The second kappa shape index (κ2) is 22.5. The molecule has 4 heteroatoms. The van der Waals surface area contributed by atoms with Crippen molar-refractivity contribution in [1.29, 1.82) is 0 Å². The molecule has 0 aliphatic carbocycles. The van der Waals surface area contributed by atoms with E-state index in [0.717, 1.165) is 61.0 Å². The third-order valence-corrected chi connectivity index (χ3v) is 6.92. The predicted molar refractivity (Wildman–Crippen MR) is 182 cm³/mol. The van der Waals surface area contributed by atoms with Crippen LogP contribution in [-0.2, 0) is 17.6 Å². The summed E-state index contributed by atoms with van der Waals surface area (Å²) < 4.78 is 11.0. The fourth-order valence-electron chi connectivity index (χ4n) is 4.54. The molecular weight excluding hydrogens is 532 g/mol. The quantitative estimate of drug-likeness (QED) is 0.0555. The minimum atomic E-state index is -0.449. The van der Waals surface area contributed by atoms with E-state index < -0.39 is 5.97 Å². The van der Waals surface area contributed by atoms with Crippen molar-refractivity contribution in [1.82, 2.24) is 0 Å². The van der Waals surface area contributed by atoms with Crippen LogP contribution < -0.4 is 9.47 Å². The Labute approximate surface area is 259 Å². The molecule has 0 spiro atoms. The van der Waals surface area contributed by atoms with Gasteiger partial charge in [-0.2, -0.15) is 0 Å². The molecule has 0 heterocycles. The lowest BCUT2D eigenvalue weighted by molar-refractivity contribution is -0.129. The molecule has 2 aromatic carbocycles. The van der Waals surface area contributed by atoms with Crippen LogP contribution in [0.25, 0.3) is 6.08 Å². The van der Waals surface area contributed by atoms with Crippen LogP contribution in [0.15, 0.2) is 103 Å². The molecule has 0 radical (unpaired) electrons. The number of aryl methyl sites for hydroxylation is 1. The molecule has 0 fully saturated rings. The summed E-state index contributed by atoms with van der Waals surface area (Å²) in [5, 5.41) is 10.8. The lowest BCUT2D eigenvalue weighted by Crippen LogP contribution is -2.07. The molecule has 2 rings (SSSR count). The first-order chi connectivity index (χ1) is 21.1. The van der Waals surface area contributed by atoms with Crippen LogP contribution in [0.5, 0.6) is 17.2 Å². The number of ether oxygens (including phenoxy) is 2. The second-order valence-corrected chi connectivity index (χ2v) is 10.5. The fourth-order valence-corrected chi connectivity index (χ4v) is 4.54. The number of rotatable bonds is 20. The van der Waals surface area contributed by atoms with Crippen LogP contribution >= 0.6 is 0 Å². The monoisotopic (exact) mass is 582 g/mol. The Morgan fingerprint density at radius 2 is 1.33 bits per heavy atom. The molecule has 230 valence electrons. The van der Waals surface area contributed by atoms with E-state index in [1.807, 2.05) is 91.1 Å². The van der Waals surface area contributed by atoms with Gasteiger partial charge < -0.3 is 14.6 Å². The Kier molecular flexibility index (Phi) is 18.4. The Bertz CT molecular complexity index is 1260. The van der Waals surface area contributed by atoms with E-state index in [1.165, 1.54) is 31.8 Å². The Hall–Kier alpha value is -4.05. The maximum atomic E-state index is 12.6. The summed E-state index contributed by atoms with van der Waals surface area (Å²) in [6.07, 6.45) is 34.2. The number of hydrogen-bond acceptors (Lipinski definition) is 4. The topological polar surface area (TPSA) is 55.8 Å². The minimum absolute atomic E-state index is 0.232. The van der Waals surface area contributed by atoms with Crippen molar-refractivity contribution in [3.05, 3.63) is 120 Å². The summed E-state index contributed by atoms with van der Waals surface area (Å²) in [6, 6.07) is 11.7. The van der Waals surface area contributed by atoms with E-state index in [1.54, 1.807) is 19.3 Å². The number of phenols is 1. The number of hydrogen-bond donors (Lipinski definition) is 1. The molecule has 0 aliphatic heterocycles. The van der Waals surface area contributed by atoms with Gasteiger partial charge >= 0.3 is 5.97 Å². The number of phenolic OH excluding ortho intramolecular Hbond substituents is 1. The molecule has 4 nitrogen and oxygen atoms in total. The van der Waals surface area contributed by atoms with Crippen molar-refractivity contribution in [2.24, 2.45) is 0 Å². The highest BCUT2D eigenvalue weighted by atomic mass is 16.5. The first-order valence-corrected chi connectivity index (χ1v) is 15.8. The lowest BCUT2D eigenvalue weighted by Gasteiger charge is -2.14.